The molecule has 0 aliphatic rings. The minimum atomic E-state index is -3.79. The maximum absolute atomic E-state index is 12.6. The van der Waals surface area contributed by atoms with Crippen LogP contribution in [0.3, 0.4) is 0 Å². The fourth-order valence-corrected chi connectivity index (χ4v) is 4.32. The quantitative estimate of drug-likeness (QED) is 0.583. The normalized spacial score (nSPS) is 11.5. The van der Waals surface area contributed by atoms with Gasteiger partial charge in [0.05, 0.1) is 41.1 Å². The zero-order valence-corrected chi connectivity index (χ0v) is 18.0. The molecule has 0 aliphatic heterocycles. The number of nitrogens with one attached hydrogen (secondary N) is 1. The molecule has 1 N–H and O–H groups in total. The third-order valence-electron chi connectivity index (χ3n) is 4.47. The van der Waals surface area contributed by atoms with Crippen LogP contribution in [-0.2, 0) is 21.7 Å². The molecule has 160 valence electrons. The first-order valence-corrected chi connectivity index (χ1v) is 10.7. The number of aryl methyl sites for hydroxylation is 1. The van der Waals surface area contributed by atoms with Crippen molar-refractivity contribution >= 4 is 44.1 Å². The fourth-order valence-electron chi connectivity index (χ4n) is 2.82. The van der Waals surface area contributed by atoms with Gasteiger partial charge in [0.1, 0.15) is 11.5 Å². The van der Waals surface area contributed by atoms with Crippen LogP contribution in [0.5, 0.6) is 11.5 Å². The molecule has 1 heterocycles. The third kappa shape index (κ3) is 4.29. The first kappa shape index (κ1) is 21.7. The van der Waals surface area contributed by atoms with Gasteiger partial charge in [-0.15, -0.1) is 0 Å². The van der Waals surface area contributed by atoms with Crippen molar-refractivity contribution in [1.82, 2.24) is 4.57 Å². The number of oxazole rings is 1. The summed E-state index contributed by atoms with van der Waals surface area (Å²) < 4.78 is 41.8. The van der Waals surface area contributed by atoms with E-state index < -0.39 is 27.3 Å². The molecule has 0 spiro atoms. The van der Waals surface area contributed by atoms with Crippen LogP contribution >= 0.6 is 11.6 Å². The molecule has 0 saturated heterocycles. The van der Waals surface area contributed by atoms with E-state index in [2.05, 4.69) is 5.32 Å². The molecule has 0 radical (unpaired) electrons. The van der Waals surface area contributed by atoms with Crippen molar-refractivity contribution in [2.24, 2.45) is 7.05 Å². The van der Waals surface area contributed by atoms with Crippen LogP contribution in [0.2, 0.25) is 5.02 Å². The van der Waals surface area contributed by atoms with Crippen LogP contribution in [0.1, 0.15) is 6.42 Å². The molecule has 30 heavy (non-hydrogen) atoms. The highest BCUT2D eigenvalue weighted by Gasteiger charge is 2.20. The van der Waals surface area contributed by atoms with Crippen molar-refractivity contribution < 1.29 is 27.1 Å². The van der Waals surface area contributed by atoms with E-state index in [1.807, 2.05) is 0 Å². The number of halogens is 1. The van der Waals surface area contributed by atoms with Crippen LogP contribution in [0, 0.1) is 0 Å². The first-order chi connectivity index (χ1) is 14.2. The molecule has 9 nitrogen and oxygen atoms in total. The average Bonchev–Trinajstić information content (AvgIpc) is 3.00. The van der Waals surface area contributed by atoms with Crippen LogP contribution in [0.4, 0.5) is 5.69 Å². The summed E-state index contributed by atoms with van der Waals surface area (Å²) in [6.07, 6.45) is -0.300. The molecule has 2 aromatic carbocycles. The number of anilines is 1. The second-order valence-corrected chi connectivity index (χ2v) is 8.88. The Hall–Kier alpha value is -2.98. The number of methoxy groups -OCH3 is 2. The molecule has 1 amide bonds. The van der Waals surface area contributed by atoms with Gasteiger partial charge in [-0.25, -0.2) is 13.2 Å². The summed E-state index contributed by atoms with van der Waals surface area (Å²) in [6.45, 7) is 0. The number of hydrogen-bond acceptors (Lipinski definition) is 7. The molecule has 11 heteroatoms. The second-order valence-electron chi connectivity index (χ2n) is 6.36. The van der Waals surface area contributed by atoms with Gasteiger partial charge in [0.2, 0.25) is 5.91 Å². The van der Waals surface area contributed by atoms with E-state index in [1.165, 1.54) is 56.2 Å². The minimum absolute atomic E-state index is 0.0396. The Kier molecular flexibility index (Phi) is 6.09. The lowest BCUT2D eigenvalue weighted by atomic mass is 10.2. The molecule has 0 bridgehead atoms. The number of fused-ring (bicyclic) bond motifs is 1. The van der Waals surface area contributed by atoms with Crippen molar-refractivity contribution in [1.29, 1.82) is 0 Å². The lowest BCUT2D eigenvalue weighted by Gasteiger charge is -2.13. The fraction of sp³-hybridized carbons (Fsp3) is 0.263. The SMILES string of the molecule is COc1cc(OC)c(NC(=O)CCS(=O)(=O)c2ccc3c(c2)oc(=O)n3C)cc1Cl. The van der Waals surface area contributed by atoms with E-state index in [4.69, 9.17) is 25.5 Å². The van der Waals surface area contributed by atoms with Crippen LogP contribution in [-0.4, -0.2) is 38.9 Å². The Bertz CT molecular complexity index is 1280. The summed E-state index contributed by atoms with van der Waals surface area (Å²) in [4.78, 5) is 23.8. The molecule has 1 aromatic heterocycles. The van der Waals surface area contributed by atoms with Crippen molar-refractivity contribution in [3.8, 4) is 11.5 Å². The van der Waals surface area contributed by atoms with Gasteiger partial charge in [0, 0.05) is 25.6 Å². The number of carbonyl (C=O) groups is 1. The van der Waals surface area contributed by atoms with Crippen LogP contribution < -0.4 is 20.5 Å². The topological polar surface area (TPSA) is 117 Å². The van der Waals surface area contributed by atoms with Gasteiger partial charge in [-0.1, -0.05) is 11.6 Å². The highest BCUT2D eigenvalue weighted by molar-refractivity contribution is 7.91. The number of hydrogen-bond donors (Lipinski definition) is 1. The highest BCUT2D eigenvalue weighted by Crippen LogP contribution is 2.36. The smallest absolute Gasteiger partial charge is 0.419 e. The summed E-state index contributed by atoms with van der Waals surface area (Å²) in [5, 5.41) is 2.85. The number of amides is 1. The van der Waals surface area contributed by atoms with Gasteiger partial charge in [0.15, 0.2) is 15.4 Å². The van der Waals surface area contributed by atoms with Gasteiger partial charge < -0.3 is 19.2 Å². The van der Waals surface area contributed by atoms with Gasteiger partial charge in [0.25, 0.3) is 0 Å². The monoisotopic (exact) mass is 454 g/mol. The van der Waals surface area contributed by atoms with Crippen LogP contribution in [0.25, 0.3) is 11.1 Å². The summed E-state index contributed by atoms with van der Waals surface area (Å²) in [6, 6.07) is 7.10. The summed E-state index contributed by atoms with van der Waals surface area (Å²) >= 11 is 6.07. The van der Waals surface area contributed by atoms with Crippen LogP contribution in [0.15, 0.2) is 44.4 Å². The van der Waals surface area contributed by atoms with Crippen molar-refractivity contribution in [3.05, 3.63) is 45.9 Å². The van der Waals surface area contributed by atoms with E-state index in [0.717, 1.165) is 0 Å². The summed E-state index contributed by atoms with van der Waals surface area (Å²) in [7, 11) is 0.597. The predicted octanol–water partition coefficient (Wildman–Crippen LogP) is 2.60. The van der Waals surface area contributed by atoms with E-state index in [9.17, 15) is 18.0 Å². The van der Waals surface area contributed by atoms with Gasteiger partial charge in [-0.3, -0.25) is 9.36 Å². The molecule has 0 unspecified atom stereocenters. The third-order valence-corrected chi connectivity index (χ3v) is 6.48. The molecule has 0 aliphatic carbocycles. The van der Waals surface area contributed by atoms with Crippen molar-refractivity contribution in [2.75, 3.05) is 25.3 Å². The van der Waals surface area contributed by atoms with Gasteiger partial charge in [-0.2, -0.15) is 0 Å². The van der Waals surface area contributed by atoms with Gasteiger partial charge in [-0.05, 0) is 18.2 Å². The molecular formula is C19H19ClN2O7S. The summed E-state index contributed by atoms with van der Waals surface area (Å²) in [5.74, 6) is -0.876. The van der Waals surface area contributed by atoms with Crippen molar-refractivity contribution in [3.63, 3.8) is 0 Å². The number of ether oxygens (including phenoxy) is 2. The minimum Gasteiger partial charge on any atom is -0.495 e. The molecule has 0 atom stereocenters. The zero-order valence-electron chi connectivity index (χ0n) is 16.4. The Balaban J connectivity index is 1.74. The van der Waals surface area contributed by atoms with Crippen molar-refractivity contribution in [2.45, 2.75) is 11.3 Å². The Morgan fingerprint density at radius 2 is 1.87 bits per heavy atom. The second kappa shape index (κ2) is 8.41. The molecular weight excluding hydrogens is 436 g/mol. The zero-order chi connectivity index (χ0) is 22.1. The predicted molar refractivity (Wildman–Crippen MR) is 111 cm³/mol. The molecule has 0 saturated carbocycles. The highest BCUT2D eigenvalue weighted by atomic mass is 35.5. The summed E-state index contributed by atoms with van der Waals surface area (Å²) in [5.41, 5.74) is 0.920. The van der Waals surface area contributed by atoms with Gasteiger partial charge >= 0.3 is 5.76 Å². The Labute approximate surface area is 177 Å². The number of sulfone groups is 1. The Morgan fingerprint density at radius 1 is 1.17 bits per heavy atom. The lowest BCUT2D eigenvalue weighted by molar-refractivity contribution is -0.115. The standard InChI is InChI=1S/C19H19ClN2O7S/c1-22-14-5-4-11(8-17(14)29-19(22)24)30(25,26)7-6-18(23)21-13-9-12(20)15(27-2)10-16(13)28-3/h4-5,8-10H,6-7H2,1-3H3,(H,21,23). The van der Waals surface area contributed by atoms with E-state index in [1.54, 1.807) is 0 Å². The maximum Gasteiger partial charge on any atom is 0.419 e. The maximum atomic E-state index is 12.6. The number of rotatable bonds is 7. The average molecular weight is 455 g/mol. The largest absolute Gasteiger partial charge is 0.495 e. The Morgan fingerprint density at radius 3 is 2.53 bits per heavy atom. The first-order valence-electron chi connectivity index (χ1n) is 8.70. The lowest BCUT2D eigenvalue weighted by Crippen LogP contribution is -2.18. The van der Waals surface area contributed by atoms with E-state index in [-0.39, 0.29) is 27.6 Å². The number of carbonyl (C=O) groups excluding carboxylic acids is 1. The number of benzene rings is 2. The number of aromatic nitrogens is 1. The number of nitrogens with zero attached hydrogens (tertiary/aromatic N) is 1. The molecule has 3 aromatic rings. The molecule has 3 rings (SSSR count). The molecule has 0 fully saturated rings. The van der Waals surface area contributed by atoms with E-state index in [0.29, 0.717) is 17.0 Å². The van der Waals surface area contributed by atoms with E-state index >= 15 is 0 Å².